The van der Waals surface area contributed by atoms with Crippen LogP contribution in [0.5, 0.6) is 0 Å². The van der Waals surface area contributed by atoms with Crippen LogP contribution in [0.4, 0.5) is 0 Å². The molecule has 21 heavy (non-hydrogen) atoms. The van der Waals surface area contributed by atoms with E-state index in [4.69, 9.17) is 9.47 Å². The number of hydrogen-bond donors (Lipinski definition) is 1. The highest BCUT2D eigenvalue weighted by Crippen LogP contribution is 2.25. The van der Waals surface area contributed by atoms with E-state index in [1.165, 1.54) is 0 Å². The van der Waals surface area contributed by atoms with Gasteiger partial charge in [-0.2, -0.15) is 0 Å². The first-order valence-electron chi connectivity index (χ1n) is 7.50. The zero-order valence-electron chi connectivity index (χ0n) is 13.8. The van der Waals surface area contributed by atoms with Crippen LogP contribution in [-0.2, 0) is 19.1 Å². The van der Waals surface area contributed by atoms with Crippen LogP contribution in [0, 0.1) is 5.41 Å². The second-order valence-electron chi connectivity index (χ2n) is 6.37. The average molecular weight is 300 g/mol. The molecule has 1 N–H and O–H groups in total. The van der Waals surface area contributed by atoms with E-state index < -0.39 is 12.1 Å². The van der Waals surface area contributed by atoms with Gasteiger partial charge >= 0.3 is 0 Å². The summed E-state index contributed by atoms with van der Waals surface area (Å²) in [5, 5.41) is 2.86. The molecule has 0 aromatic rings. The molecule has 0 saturated carbocycles. The van der Waals surface area contributed by atoms with Crippen LogP contribution in [0.2, 0.25) is 0 Å². The SMILES string of the molecule is CCC1C(=O)NC(C(C)(C)C)C(=O)N1CCOCCOC. The van der Waals surface area contributed by atoms with E-state index in [-0.39, 0.29) is 17.2 Å². The van der Waals surface area contributed by atoms with E-state index in [2.05, 4.69) is 5.32 Å². The molecule has 1 aliphatic heterocycles. The number of methoxy groups -OCH3 is 1. The molecule has 1 rings (SSSR count). The Labute approximate surface area is 127 Å². The number of carbonyl (C=O) groups excluding carboxylic acids is 2. The van der Waals surface area contributed by atoms with E-state index in [0.29, 0.717) is 32.8 Å². The van der Waals surface area contributed by atoms with Crippen molar-refractivity contribution in [3.63, 3.8) is 0 Å². The molecular weight excluding hydrogens is 272 g/mol. The van der Waals surface area contributed by atoms with Crippen LogP contribution in [0.25, 0.3) is 0 Å². The Morgan fingerprint density at radius 1 is 1.19 bits per heavy atom. The minimum Gasteiger partial charge on any atom is -0.382 e. The summed E-state index contributed by atoms with van der Waals surface area (Å²) in [7, 11) is 1.61. The van der Waals surface area contributed by atoms with Gasteiger partial charge in [0.2, 0.25) is 11.8 Å². The maximum atomic E-state index is 12.6. The van der Waals surface area contributed by atoms with Crippen LogP contribution in [0.15, 0.2) is 0 Å². The fourth-order valence-electron chi connectivity index (χ4n) is 2.43. The summed E-state index contributed by atoms with van der Waals surface area (Å²) >= 11 is 0. The Hall–Kier alpha value is -1.14. The van der Waals surface area contributed by atoms with E-state index >= 15 is 0 Å². The van der Waals surface area contributed by atoms with Crippen molar-refractivity contribution in [2.75, 3.05) is 33.5 Å². The van der Waals surface area contributed by atoms with Crippen molar-refractivity contribution >= 4 is 11.8 Å². The van der Waals surface area contributed by atoms with Crippen molar-refractivity contribution in [2.24, 2.45) is 5.41 Å². The molecule has 1 saturated heterocycles. The zero-order chi connectivity index (χ0) is 16.0. The van der Waals surface area contributed by atoms with Gasteiger partial charge in [-0.15, -0.1) is 0 Å². The first kappa shape index (κ1) is 17.9. The Balaban J connectivity index is 2.70. The van der Waals surface area contributed by atoms with Gasteiger partial charge in [-0.05, 0) is 11.8 Å². The molecule has 6 heteroatoms. The third-order valence-electron chi connectivity index (χ3n) is 3.66. The monoisotopic (exact) mass is 300 g/mol. The van der Waals surface area contributed by atoms with Gasteiger partial charge < -0.3 is 19.7 Å². The summed E-state index contributed by atoms with van der Waals surface area (Å²) in [5.41, 5.74) is -0.305. The van der Waals surface area contributed by atoms with E-state index in [0.717, 1.165) is 0 Å². The maximum absolute atomic E-state index is 12.6. The molecule has 1 aliphatic rings. The fourth-order valence-corrected chi connectivity index (χ4v) is 2.43. The lowest BCUT2D eigenvalue weighted by molar-refractivity contribution is -0.153. The summed E-state index contributed by atoms with van der Waals surface area (Å²) in [6.45, 7) is 9.63. The first-order valence-corrected chi connectivity index (χ1v) is 7.50. The lowest BCUT2D eigenvalue weighted by Crippen LogP contribution is -2.66. The average Bonchev–Trinajstić information content (AvgIpc) is 2.40. The third kappa shape index (κ3) is 4.68. The number of hydrogen-bond acceptors (Lipinski definition) is 4. The lowest BCUT2D eigenvalue weighted by atomic mass is 9.83. The quantitative estimate of drug-likeness (QED) is 0.706. The molecule has 2 unspecified atom stereocenters. The molecule has 1 heterocycles. The summed E-state index contributed by atoms with van der Waals surface area (Å²) in [5.74, 6) is -0.0989. The number of amides is 2. The number of carbonyl (C=O) groups is 2. The minimum atomic E-state index is -0.480. The normalized spacial score (nSPS) is 23.4. The zero-order valence-corrected chi connectivity index (χ0v) is 13.8. The van der Waals surface area contributed by atoms with Gasteiger partial charge in [0.05, 0.1) is 19.8 Å². The number of ether oxygens (including phenoxy) is 2. The second-order valence-corrected chi connectivity index (χ2v) is 6.37. The van der Waals surface area contributed by atoms with Crippen LogP contribution in [0.3, 0.4) is 0 Å². The highest BCUT2D eigenvalue weighted by Gasteiger charge is 2.44. The Kier molecular flexibility index (Phi) is 6.61. The molecule has 0 aromatic heterocycles. The van der Waals surface area contributed by atoms with Gasteiger partial charge in [-0.1, -0.05) is 27.7 Å². The second kappa shape index (κ2) is 7.75. The number of nitrogens with one attached hydrogen (secondary N) is 1. The van der Waals surface area contributed by atoms with E-state index in [1.807, 2.05) is 27.7 Å². The van der Waals surface area contributed by atoms with Gasteiger partial charge in [0.15, 0.2) is 0 Å². The van der Waals surface area contributed by atoms with Gasteiger partial charge in [0, 0.05) is 13.7 Å². The van der Waals surface area contributed by atoms with Crippen LogP contribution in [0.1, 0.15) is 34.1 Å². The molecule has 0 spiro atoms. The standard InChI is InChI=1S/C15H28N2O4/c1-6-11-13(18)16-12(15(2,3)4)14(19)17(11)7-8-21-10-9-20-5/h11-12H,6-10H2,1-5H3,(H,16,18). The minimum absolute atomic E-state index is 0.0238. The topological polar surface area (TPSA) is 67.9 Å². The van der Waals surface area contributed by atoms with Gasteiger partial charge in [0.1, 0.15) is 12.1 Å². The lowest BCUT2D eigenvalue weighted by Gasteiger charge is -2.43. The van der Waals surface area contributed by atoms with Crippen LogP contribution < -0.4 is 5.32 Å². The molecule has 122 valence electrons. The smallest absolute Gasteiger partial charge is 0.246 e. The van der Waals surface area contributed by atoms with Gasteiger partial charge in [0.25, 0.3) is 0 Å². The summed E-state index contributed by atoms with van der Waals surface area (Å²) in [6, 6.07) is -0.881. The highest BCUT2D eigenvalue weighted by atomic mass is 16.5. The van der Waals surface area contributed by atoms with Crippen LogP contribution in [-0.4, -0.2) is 62.3 Å². The maximum Gasteiger partial charge on any atom is 0.246 e. The number of rotatable bonds is 7. The highest BCUT2D eigenvalue weighted by molar-refractivity contribution is 5.97. The van der Waals surface area contributed by atoms with Crippen molar-refractivity contribution < 1.29 is 19.1 Å². The van der Waals surface area contributed by atoms with E-state index in [9.17, 15) is 9.59 Å². The first-order chi connectivity index (χ1) is 9.82. The molecule has 2 amide bonds. The van der Waals surface area contributed by atoms with Crippen molar-refractivity contribution in [2.45, 2.75) is 46.2 Å². The Morgan fingerprint density at radius 2 is 1.86 bits per heavy atom. The number of nitrogens with zero attached hydrogens (tertiary/aromatic N) is 1. The summed E-state index contributed by atoms with van der Waals surface area (Å²) < 4.78 is 10.3. The van der Waals surface area contributed by atoms with Crippen molar-refractivity contribution in [3.05, 3.63) is 0 Å². The van der Waals surface area contributed by atoms with E-state index in [1.54, 1.807) is 12.0 Å². The van der Waals surface area contributed by atoms with Gasteiger partial charge in [-0.3, -0.25) is 9.59 Å². The molecule has 0 bridgehead atoms. The molecule has 0 aromatic carbocycles. The summed E-state index contributed by atoms with van der Waals surface area (Å²) in [4.78, 5) is 26.5. The molecule has 2 atom stereocenters. The van der Waals surface area contributed by atoms with Crippen molar-refractivity contribution in [1.29, 1.82) is 0 Å². The molecule has 1 fully saturated rings. The largest absolute Gasteiger partial charge is 0.382 e. The van der Waals surface area contributed by atoms with Crippen molar-refractivity contribution in [3.8, 4) is 0 Å². The van der Waals surface area contributed by atoms with Crippen molar-refractivity contribution in [1.82, 2.24) is 10.2 Å². The molecular formula is C15H28N2O4. The predicted octanol–water partition coefficient (Wildman–Crippen LogP) is 0.801. The molecule has 0 aliphatic carbocycles. The fraction of sp³-hybridized carbons (Fsp3) is 0.867. The van der Waals surface area contributed by atoms with Gasteiger partial charge in [-0.25, -0.2) is 0 Å². The Morgan fingerprint density at radius 3 is 2.38 bits per heavy atom. The summed E-state index contributed by atoms with van der Waals surface area (Å²) in [6.07, 6.45) is 0.604. The predicted molar refractivity (Wildman–Crippen MR) is 79.9 cm³/mol. The third-order valence-corrected chi connectivity index (χ3v) is 3.66. The number of piperazine rings is 1. The van der Waals surface area contributed by atoms with Crippen LogP contribution >= 0.6 is 0 Å². The Bertz CT molecular complexity index is 365. The molecule has 0 radical (unpaired) electrons. The molecule has 6 nitrogen and oxygen atoms in total.